The van der Waals surface area contributed by atoms with Gasteiger partial charge in [0, 0.05) is 0 Å². The van der Waals surface area contributed by atoms with Crippen LogP contribution < -0.4 is 27.4 Å². The molecule has 0 aliphatic carbocycles. The van der Waals surface area contributed by atoms with Gasteiger partial charge in [0.2, 0.25) is 23.6 Å². The topological polar surface area (TPSA) is 194 Å². The van der Waals surface area contributed by atoms with Crippen molar-refractivity contribution in [3.63, 3.8) is 0 Å². The Morgan fingerprint density at radius 2 is 1.27 bits per heavy atom. The molecular weight excluding hydrogens is 430 g/mol. The van der Waals surface area contributed by atoms with Gasteiger partial charge in [0.1, 0.15) is 18.1 Å². The summed E-state index contributed by atoms with van der Waals surface area (Å²) in [4.78, 5) is 61.2. The molecule has 0 saturated carbocycles. The normalized spacial score (nSPS) is 15.8. The third-order valence-corrected chi connectivity index (χ3v) is 5.22. The molecule has 0 aromatic rings. The van der Waals surface area contributed by atoms with E-state index in [1.807, 2.05) is 27.7 Å². The first-order valence-corrected chi connectivity index (χ1v) is 11.4. The highest BCUT2D eigenvalue weighted by Gasteiger charge is 2.32. The van der Waals surface area contributed by atoms with Gasteiger partial charge in [-0.15, -0.1) is 0 Å². The number of nitrogens with two attached hydrogens (primary N) is 2. The number of hydrogen-bond acceptors (Lipinski definition) is 6. The molecule has 5 unspecified atom stereocenters. The van der Waals surface area contributed by atoms with Gasteiger partial charge < -0.3 is 32.5 Å². The molecular formula is C22H41N5O6. The second kappa shape index (κ2) is 14.5. The van der Waals surface area contributed by atoms with Crippen LogP contribution in [0, 0.1) is 17.8 Å². The number of carboxylic acid groups (broad SMARTS) is 1. The van der Waals surface area contributed by atoms with Crippen molar-refractivity contribution in [3.8, 4) is 0 Å². The molecule has 0 spiro atoms. The Morgan fingerprint density at radius 3 is 1.70 bits per heavy atom. The van der Waals surface area contributed by atoms with Crippen LogP contribution in [0.3, 0.4) is 0 Å². The lowest BCUT2D eigenvalue weighted by molar-refractivity contribution is -0.144. The van der Waals surface area contributed by atoms with Crippen molar-refractivity contribution in [2.75, 3.05) is 0 Å². The van der Waals surface area contributed by atoms with Crippen molar-refractivity contribution >= 4 is 29.6 Å². The van der Waals surface area contributed by atoms with E-state index in [4.69, 9.17) is 11.5 Å². The Morgan fingerprint density at radius 1 is 0.788 bits per heavy atom. The zero-order chi connectivity index (χ0) is 25.9. The lowest BCUT2D eigenvalue weighted by atomic mass is 9.97. The van der Waals surface area contributed by atoms with Crippen LogP contribution in [-0.4, -0.2) is 58.9 Å². The number of carboxylic acids is 1. The van der Waals surface area contributed by atoms with Crippen LogP contribution in [-0.2, 0) is 24.0 Å². The summed E-state index contributed by atoms with van der Waals surface area (Å²) >= 11 is 0. The maximum atomic E-state index is 12.9. The highest BCUT2D eigenvalue weighted by Crippen LogP contribution is 2.11. The molecule has 11 heteroatoms. The molecule has 0 aliphatic heterocycles. The molecule has 0 radical (unpaired) electrons. The summed E-state index contributed by atoms with van der Waals surface area (Å²) in [6.45, 7) is 11.0. The van der Waals surface area contributed by atoms with E-state index in [9.17, 15) is 29.1 Å². The van der Waals surface area contributed by atoms with E-state index in [2.05, 4.69) is 16.0 Å². The molecule has 190 valence electrons. The summed E-state index contributed by atoms with van der Waals surface area (Å²) in [5, 5.41) is 16.9. The van der Waals surface area contributed by atoms with Crippen LogP contribution >= 0.6 is 0 Å². The molecule has 0 rings (SSSR count). The van der Waals surface area contributed by atoms with Gasteiger partial charge in [0.15, 0.2) is 0 Å². The van der Waals surface area contributed by atoms with Gasteiger partial charge in [0.05, 0.1) is 12.5 Å². The van der Waals surface area contributed by atoms with Gasteiger partial charge in [-0.25, -0.2) is 4.79 Å². The molecule has 11 nitrogen and oxygen atoms in total. The number of carbonyl (C=O) groups excluding carboxylic acids is 4. The second-order valence-corrected chi connectivity index (χ2v) is 9.37. The van der Waals surface area contributed by atoms with Crippen molar-refractivity contribution in [2.24, 2.45) is 29.2 Å². The number of hydrogen-bond donors (Lipinski definition) is 6. The first-order valence-electron chi connectivity index (χ1n) is 11.4. The first kappa shape index (κ1) is 30.3. The molecule has 0 aromatic carbocycles. The Balaban J connectivity index is 5.56. The van der Waals surface area contributed by atoms with E-state index in [-0.39, 0.29) is 24.2 Å². The highest BCUT2D eigenvalue weighted by atomic mass is 16.4. The molecule has 0 aromatic heterocycles. The monoisotopic (exact) mass is 471 g/mol. The average Bonchev–Trinajstić information content (AvgIpc) is 2.68. The number of primary amides is 1. The fourth-order valence-electron chi connectivity index (χ4n) is 3.22. The fourth-order valence-corrected chi connectivity index (χ4v) is 3.22. The molecule has 0 heterocycles. The largest absolute Gasteiger partial charge is 0.480 e. The SMILES string of the molecule is CCC(C)C(NC(=O)C(CC(C)C)NC(=O)C(CC(N)=O)NC(=O)C(N)CC(C)C)C(=O)O. The molecule has 0 fully saturated rings. The number of rotatable bonds is 15. The predicted octanol–water partition coefficient (Wildman–Crippen LogP) is -0.134. The summed E-state index contributed by atoms with van der Waals surface area (Å²) in [6, 6.07) is -4.39. The maximum Gasteiger partial charge on any atom is 0.326 e. The first-order chi connectivity index (χ1) is 15.2. The number of aliphatic carboxylic acids is 1. The van der Waals surface area contributed by atoms with E-state index in [1.165, 1.54) is 0 Å². The molecule has 33 heavy (non-hydrogen) atoms. The van der Waals surface area contributed by atoms with Crippen molar-refractivity contribution in [1.29, 1.82) is 0 Å². The number of amides is 4. The minimum absolute atomic E-state index is 0.0171. The summed E-state index contributed by atoms with van der Waals surface area (Å²) in [5.41, 5.74) is 11.1. The van der Waals surface area contributed by atoms with Crippen LogP contribution in [0.15, 0.2) is 0 Å². The second-order valence-electron chi connectivity index (χ2n) is 9.37. The predicted molar refractivity (Wildman–Crippen MR) is 124 cm³/mol. The fraction of sp³-hybridized carbons (Fsp3) is 0.773. The molecule has 0 aliphatic rings. The lowest BCUT2D eigenvalue weighted by Gasteiger charge is -2.27. The number of carbonyl (C=O) groups is 5. The summed E-state index contributed by atoms with van der Waals surface area (Å²) in [6.07, 6.45) is 0.643. The van der Waals surface area contributed by atoms with Crippen LogP contribution in [0.5, 0.6) is 0 Å². The Labute approximate surface area is 195 Å². The minimum Gasteiger partial charge on any atom is -0.480 e. The highest BCUT2D eigenvalue weighted by molar-refractivity contribution is 5.96. The standard InChI is InChI=1S/C22H41N5O6/c1-7-13(6)18(22(32)33)27-21(31)15(9-12(4)5)26-20(30)16(10-17(24)28)25-19(29)14(23)8-11(2)3/h11-16,18H,7-10,23H2,1-6H3,(H2,24,28)(H,25,29)(H,26,30)(H,27,31)(H,32,33). The zero-order valence-corrected chi connectivity index (χ0v) is 20.5. The van der Waals surface area contributed by atoms with Crippen LogP contribution in [0.2, 0.25) is 0 Å². The quantitative estimate of drug-likeness (QED) is 0.191. The van der Waals surface area contributed by atoms with Crippen molar-refractivity contribution in [2.45, 2.75) is 91.4 Å². The van der Waals surface area contributed by atoms with E-state index in [0.29, 0.717) is 12.8 Å². The van der Waals surface area contributed by atoms with Crippen LogP contribution in [0.25, 0.3) is 0 Å². The molecule has 5 atom stereocenters. The Bertz CT molecular complexity index is 697. The van der Waals surface area contributed by atoms with E-state index >= 15 is 0 Å². The van der Waals surface area contributed by atoms with Crippen molar-refractivity contribution in [1.82, 2.24) is 16.0 Å². The Kier molecular flexibility index (Phi) is 13.3. The average molecular weight is 472 g/mol. The van der Waals surface area contributed by atoms with Crippen molar-refractivity contribution in [3.05, 3.63) is 0 Å². The van der Waals surface area contributed by atoms with Gasteiger partial charge in [-0.3, -0.25) is 19.2 Å². The van der Waals surface area contributed by atoms with Gasteiger partial charge in [-0.2, -0.15) is 0 Å². The van der Waals surface area contributed by atoms with Crippen molar-refractivity contribution < 1.29 is 29.1 Å². The summed E-state index contributed by atoms with van der Waals surface area (Å²) in [5.74, 6) is -4.26. The molecule has 0 saturated heterocycles. The molecule has 0 bridgehead atoms. The van der Waals surface area contributed by atoms with Crippen LogP contribution in [0.1, 0.15) is 67.2 Å². The van der Waals surface area contributed by atoms with Crippen LogP contribution in [0.4, 0.5) is 0 Å². The lowest BCUT2D eigenvalue weighted by Crippen LogP contribution is -2.58. The zero-order valence-electron chi connectivity index (χ0n) is 20.5. The smallest absolute Gasteiger partial charge is 0.326 e. The van der Waals surface area contributed by atoms with E-state index < -0.39 is 60.2 Å². The maximum absolute atomic E-state index is 12.9. The van der Waals surface area contributed by atoms with Gasteiger partial charge >= 0.3 is 5.97 Å². The third kappa shape index (κ3) is 11.7. The minimum atomic E-state index is -1.32. The molecule has 4 amide bonds. The van der Waals surface area contributed by atoms with Gasteiger partial charge in [-0.1, -0.05) is 48.0 Å². The molecule has 8 N–H and O–H groups in total. The number of nitrogens with one attached hydrogen (secondary N) is 3. The van der Waals surface area contributed by atoms with E-state index in [1.54, 1.807) is 13.8 Å². The third-order valence-electron chi connectivity index (χ3n) is 5.22. The Hall–Kier alpha value is -2.69. The summed E-state index contributed by atoms with van der Waals surface area (Å²) < 4.78 is 0. The summed E-state index contributed by atoms with van der Waals surface area (Å²) in [7, 11) is 0. The van der Waals surface area contributed by atoms with Gasteiger partial charge in [-0.05, 0) is 30.6 Å². The van der Waals surface area contributed by atoms with E-state index in [0.717, 1.165) is 0 Å². The van der Waals surface area contributed by atoms with Gasteiger partial charge in [0.25, 0.3) is 0 Å².